The zero-order valence-corrected chi connectivity index (χ0v) is 12.1. The first-order valence-electron chi connectivity index (χ1n) is 7.06. The van der Waals surface area contributed by atoms with Crippen LogP contribution in [0.15, 0.2) is 30.3 Å². The smallest absolute Gasteiger partial charge is 0.384 e. The van der Waals surface area contributed by atoms with Crippen molar-refractivity contribution in [2.45, 2.75) is 18.7 Å². The molecule has 0 bridgehead atoms. The van der Waals surface area contributed by atoms with Crippen LogP contribution in [-0.4, -0.2) is 60.4 Å². The lowest BCUT2D eigenvalue weighted by molar-refractivity contribution is -0.150. The lowest BCUT2D eigenvalue weighted by atomic mass is 9.95. The number of β-amino-alcohol motifs (C(OH)–C–C–N with tert-alkyl or cyclic N) is 1. The normalized spacial score (nSPS) is 21.2. The zero-order chi connectivity index (χ0) is 15.5. The lowest BCUT2D eigenvalue weighted by Gasteiger charge is -2.38. The maximum absolute atomic E-state index is 12.3. The molecule has 21 heavy (non-hydrogen) atoms. The van der Waals surface area contributed by atoms with Gasteiger partial charge in [0.2, 0.25) is 0 Å². The predicted octanol–water partition coefficient (Wildman–Crippen LogP) is 2.07. The van der Waals surface area contributed by atoms with E-state index in [4.69, 9.17) is 0 Å². The fourth-order valence-corrected chi connectivity index (χ4v) is 2.68. The quantitative estimate of drug-likeness (QED) is 0.922. The summed E-state index contributed by atoms with van der Waals surface area (Å²) in [7, 11) is 0. The van der Waals surface area contributed by atoms with E-state index in [9.17, 15) is 18.3 Å². The maximum Gasteiger partial charge on any atom is 0.401 e. The molecule has 2 rings (SSSR count). The Bertz CT molecular complexity index is 440. The molecule has 3 nitrogen and oxygen atoms in total. The van der Waals surface area contributed by atoms with Crippen LogP contribution in [-0.2, 0) is 5.60 Å². The Morgan fingerprint density at radius 3 is 1.90 bits per heavy atom. The number of piperazine rings is 1. The standard InChI is InChI=1S/C15H21F3N2O/c1-14(21,13-5-3-2-4-6-13)11-19-7-9-20(10-8-19)12-15(16,17)18/h2-6,21H,7-12H2,1H3. The number of aliphatic hydroxyl groups is 1. The Kier molecular flexibility index (Phi) is 4.91. The van der Waals surface area contributed by atoms with Crippen molar-refractivity contribution in [3.63, 3.8) is 0 Å². The van der Waals surface area contributed by atoms with Gasteiger partial charge in [0.15, 0.2) is 0 Å². The van der Waals surface area contributed by atoms with E-state index in [2.05, 4.69) is 0 Å². The first-order chi connectivity index (χ1) is 9.76. The SMILES string of the molecule is CC(O)(CN1CCN(CC(F)(F)F)CC1)c1ccccc1. The average Bonchev–Trinajstić information content (AvgIpc) is 2.40. The molecule has 1 saturated heterocycles. The van der Waals surface area contributed by atoms with Gasteiger partial charge in [-0.3, -0.25) is 9.80 Å². The molecule has 1 heterocycles. The average molecular weight is 302 g/mol. The molecular weight excluding hydrogens is 281 g/mol. The number of rotatable bonds is 4. The molecule has 0 radical (unpaired) electrons. The summed E-state index contributed by atoms with van der Waals surface area (Å²) in [5.41, 5.74) is -0.171. The van der Waals surface area contributed by atoms with Gasteiger partial charge >= 0.3 is 6.18 Å². The molecule has 1 aromatic rings. The van der Waals surface area contributed by atoms with Gasteiger partial charge in [0.1, 0.15) is 0 Å². The highest BCUT2D eigenvalue weighted by atomic mass is 19.4. The third-order valence-electron chi connectivity index (χ3n) is 3.79. The molecule has 1 aliphatic heterocycles. The highest BCUT2D eigenvalue weighted by Gasteiger charge is 2.33. The summed E-state index contributed by atoms with van der Waals surface area (Å²) in [5.74, 6) is 0. The monoisotopic (exact) mass is 302 g/mol. The van der Waals surface area contributed by atoms with Crippen LogP contribution in [0.25, 0.3) is 0 Å². The van der Waals surface area contributed by atoms with Crippen molar-refractivity contribution < 1.29 is 18.3 Å². The second kappa shape index (κ2) is 6.34. The third kappa shape index (κ3) is 4.98. The molecule has 0 amide bonds. The maximum atomic E-state index is 12.3. The van der Waals surface area contributed by atoms with Crippen LogP contribution in [0.5, 0.6) is 0 Å². The Hall–Kier alpha value is -1.11. The number of hydrogen-bond donors (Lipinski definition) is 1. The second-order valence-electron chi connectivity index (χ2n) is 5.81. The van der Waals surface area contributed by atoms with Gasteiger partial charge in [-0.1, -0.05) is 30.3 Å². The van der Waals surface area contributed by atoms with E-state index in [1.165, 1.54) is 4.90 Å². The Morgan fingerprint density at radius 1 is 0.952 bits per heavy atom. The number of benzene rings is 1. The topological polar surface area (TPSA) is 26.7 Å². The molecule has 0 aromatic heterocycles. The van der Waals surface area contributed by atoms with Crippen LogP contribution in [0.2, 0.25) is 0 Å². The van der Waals surface area contributed by atoms with Crippen LogP contribution >= 0.6 is 0 Å². The van der Waals surface area contributed by atoms with Gasteiger partial charge in [-0.2, -0.15) is 13.2 Å². The highest BCUT2D eigenvalue weighted by molar-refractivity contribution is 5.21. The summed E-state index contributed by atoms with van der Waals surface area (Å²) in [6.07, 6.45) is -4.14. The largest absolute Gasteiger partial charge is 0.401 e. The summed E-state index contributed by atoms with van der Waals surface area (Å²) in [6, 6.07) is 9.34. The van der Waals surface area contributed by atoms with E-state index < -0.39 is 18.3 Å². The van der Waals surface area contributed by atoms with Crippen LogP contribution in [0.4, 0.5) is 13.2 Å². The summed E-state index contributed by atoms with van der Waals surface area (Å²) in [6.45, 7) is 3.16. The molecule has 0 spiro atoms. The van der Waals surface area contributed by atoms with Crippen molar-refractivity contribution in [3.8, 4) is 0 Å². The van der Waals surface area contributed by atoms with Gasteiger partial charge in [0.25, 0.3) is 0 Å². The molecule has 6 heteroatoms. The molecule has 0 aliphatic carbocycles. The molecule has 1 aromatic carbocycles. The molecule has 0 saturated carbocycles. The van der Waals surface area contributed by atoms with E-state index in [0.29, 0.717) is 32.7 Å². The minimum Gasteiger partial charge on any atom is -0.384 e. The predicted molar refractivity (Wildman–Crippen MR) is 74.9 cm³/mol. The summed E-state index contributed by atoms with van der Waals surface area (Å²) in [4.78, 5) is 3.42. The van der Waals surface area contributed by atoms with Gasteiger partial charge in [-0.25, -0.2) is 0 Å². The van der Waals surface area contributed by atoms with Crippen LogP contribution in [0.1, 0.15) is 12.5 Å². The summed E-state index contributed by atoms with van der Waals surface area (Å²) in [5, 5.41) is 10.6. The van der Waals surface area contributed by atoms with Gasteiger partial charge in [0, 0.05) is 32.7 Å². The van der Waals surface area contributed by atoms with Crippen LogP contribution in [0, 0.1) is 0 Å². The minimum absolute atomic E-state index is 0.379. The Balaban J connectivity index is 1.86. The van der Waals surface area contributed by atoms with Crippen LogP contribution < -0.4 is 0 Å². The number of hydrogen-bond acceptors (Lipinski definition) is 3. The molecular formula is C15H21F3N2O. The third-order valence-corrected chi connectivity index (χ3v) is 3.79. The second-order valence-corrected chi connectivity index (χ2v) is 5.81. The Labute approximate surface area is 123 Å². The van der Waals surface area contributed by atoms with E-state index in [0.717, 1.165) is 5.56 Å². The fraction of sp³-hybridized carbons (Fsp3) is 0.600. The molecule has 1 fully saturated rings. The van der Waals surface area contributed by atoms with E-state index in [-0.39, 0.29) is 0 Å². The van der Waals surface area contributed by atoms with E-state index in [1.807, 2.05) is 35.2 Å². The molecule has 1 unspecified atom stereocenters. The fourth-order valence-electron chi connectivity index (χ4n) is 2.68. The van der Waals surface area contributed by atoms with Gasteiger partial charge in [-0.15, -0.1) is 0 Å². The van der Waals surface area contributed by atoms with Gasteiger partial charge in [0.05, 0.1) is 12.1 Å². The highest BCUT2D eigenvalue weighted by Crippen LogP contribution is 2.23. The van der Waals surface area contributed by atoms with Gasteiger partial charge in [-0.05, 0) is 12.5 Å². The molecule has 1 atom stereocenters. The molecule has 1 N–H and O–H groups in total. The first-order valence-corrected chi connectivity index (χ1v) is 7.06. The summed E-state index contributed by atoms with van der Waals surface area (Å²) >= 11 is 0. The van der Waals surface area contributed by atoms with Crippen molar-refractivity contribution >= 4 is 0 Å². The zero-order valence-electron chi connectivity index (χ0n) is 12.1. The summed E-state index contributed by atoms with van der Waals surface area (Å²) < 4.78 is 37.0. The Morgan fingerprint density at radius 2 is 1.43 bits per heavy atom. The minimum atomic E-state index is -4.14. The number of nitrogens with zero attached hydrogens (tertiary/aromatic N) is 2. The molecule has 1 aliphatic rings. The van der Waals surface area contributed by atoms with Crippen molar-refractivity contribution in [1.82, 2.24) is 9.80 Å². The number of alkyl halides is 3. The van der Waals surface area contributed by atoms with Crippen LogP contribution in [0.3, 0.4) is 0 Å². The first kappa shape index (κ1) is 16.3. The van der Waals surface area contributed by atoms with E-state index >= 15 is 0 Å². The van der Waals surface area contributed by atoms with E-state index in [1.54, 1.807) is 6.92 Å². The van der Waals surface area contributed by atoms with Crippen molar-refractivity contribution in [1.29, 1.82) is 0 Å². The lowest BCUT2D eigenvalue weighted by Crippen LogP contribution is -2.52. The van der Waals surface area contributed by atoms with Crippen molar-refractivity contribution in [2.75, 3.05) is 39.3 Å². The van der Waals surface area contributed by atoms with Crippen molar-refractivity contribution in [2.24, 2.45) is 0 Å². The van der Waals surface area contributed by atoms with Gasteiger partial charge < -0.3 is 5.11 Å². The number of halogens is 3. The van der Waals surface area contributed by atoms with Crippen molar-refractivity contribution in [3.05, 3.63) is 35.9 Å². The molecule has 118 valence electrons.